The number of ether oxygens (including phenoxy) is 1. The van der Waals surface area contributed by atoms with E-state index in [4.69, 9.17) is 10.5 Å². The Hall–Kier alpha value is -1.11. The summed E-state index contributed by atoms with van der Waals surface area (Å²) in [5.41, 5.74) is 5.82. The van der Waals surface area contributed by atoms with Crippen molar-refractivity contribution in [2.75, 3.05) is 33.4 Å². The largest absolute Gasteiger partial charge is 0.383 e. The van der Waals surface area contributed by atoms with Crippen molar-refractivity contribution in [3.8, 4) is 0 Å². The molecule has 0 heterocycles. The highest BCUT2D eigenvalue weighted by molar-refractivity contribution is 5.24. The van der Waals surface area contributed by atoms with Crippen molar-refractivity contribution >= 4 is 0 Å². The lowest BCUT2D eigenvalue weighted by atomic mass is 10.0. The number of rotatable bonds is 8. The van der Waals surface area contributed by atoms with Crippen molar-refractivity contribution < 1.29 is 17.9 Å². The Balaban J connectivity index is 3.09. The zero-order valence-electron chi connectivity index (χ0n) is 12.7. The van der Waals surface area contributed by atoms with Crippen LogP contribution < -0.4 is 5.73 Å². The van der Waals surface area contributed by atoms with Gasteiger partial charge >= 0.3 is 0 Å². The van der Waals surface area contributed by atoms with Crippen molar-refractivity contribution in [1.29, 1.82) is 0 Å². The number of nitrogens with zero attached hydrogens (tertiary/aromatic N) is 1. The predicted molar refractivity (Wildman–Crippen MR) is 76.4 cm³/mol. The van der Waals surface area contributed by atoms with Crippen molar-refractivity contribution in [3.05, 3.63) is 35.1 Å². The minimum Gasteiger partial charge on any atom is -0.383 e. The van der Waals surface area contributed by atoms with Crippen LogP contribution >= 0.6 is 0 Å². The zero-order valence-corrected chi connectivity index (χ0v) is 12.7. The van der Waals surface area contributed by atoms with Gasteiger partial charge in [0.1, 0.15) is 5.82 Å². The highest BCUT2D eigenvalue weighted by Gasteiger charge is 2.24. The Kier molecular flexibility index (Phi) is 7.14. The van der Waals surface area contributed by atoms with Gasteiger partial charge < -0.3 is 10.5 Å². The van der Waals surface area contributed by atoms with E-state index in [1.54, 1.807) is 7.11 Å². The molecule has 120 valence electrons. The first-order valence-corrected chi connectivity index (χ1v) is 6.98. The van der Waals surface area contributed by atoms with E-state index in [1.807, 2.05) is 18.7 Å². The zero-order chi connectivity index (χ0) is 16.0. The van der Waals surface area contributed by atoms with Crippen LogP contribution in [0.3, 0.4) is 0 Å². The summed E-state index contributed by atoms with van der Waals surface area (Å²) in [5, 5.41) is 0. The van der Waals surface area contributed by atoms with Crippen molar-refractivity contribution in [1.82, 2.24) is 4.90 Å². The van der Waals surface area contributed by atoms with Gasteiger partial charge in [-0.25, -0.2) is 13.2 Å². The molecule has 1 atom stereocenters. The molecule has 0 saturated heterocycles. The molecule has 6 heteroatoms. The quantitative estimate of drug-likeness (QED) is 0.751. The second-order valence-corrected chi connectivity index (χ2v) is 5.42. The lowest BCUT2D eigenvalue weighted by molar-refractivity contribution is 0.110. The molecule has 1 aromatic carbocycles. The maximum absolute atomic E-state index is 14.0. The third-order valence-electron chi connectivity index (χ3n) is 3.24. The van der Waals surface area contributed by atoms with Crippen molar-refractivity contribution in [2.24, 2.45) is 11.7 Å². The summed E-state index contributed by atoms with van der Waals surface area (Å²) < 4.78 is 45.5. The molecule has 0 bridgehead atoms. The van der Waals surface area contributed by atoms with Gasteiger partial charge in [0.25, 0.3) is 0 Å². The highest BCUT2D eigenvalue weighted by Crippen LogP contribution is 2.25. The Morgan fingerprint density at radius 3 is 2.29 bits per heavy atom. The normalized spacial score (nSPS) is 13.2. The number of benzene rings is 1. The fourth-order valence-electron chi connectivity index (χ4n) is 2.32. The minimum atomic E-state index is -1.20. The minimum absolute atomic E-state index is 0.0770. The van der Waals surface area contributed by atoms with Crippen molar-refractivity contribution in [2.45, 2.75) is 19.9 Å². The van der Waals surface area contributed by atoms with Gasteiger partial charge in [-0.15, -0.1) is 0 Å². The molecule has 2 N–H and O–H groups in total. The monoisotopic (exact) mass is 304 g/mol. The van der Waals surface area contributed by atoms with Gasteiger partial charge in [0, 0.05) is 38.4 Å². The Bertz CT molecular complexity index is 455. The molecule has 0 spiro atoms. The topological polar surface area (TPSA) is 38.5 Å². The van der Waals surface area contributed by atoms with Gasteiger partial charge in [-0.2, -0.15) is 0 Å². The second-order valence-electron chi connectivity index (χ2n) is 5.42. The summed E-state index contributed by atoms with van der Waals surface area (Å²) in [6.07, 6.45) is 0. The molecule has 1 unspecified atom stereocenters. The SMILES string of the molecule is COCCN(CC(C)C)C(CN)c1cc(F)c(F)cc1F. The van der Waals surface area contributed by atoms with E-state index in [2.05, 4.69) is 0 Å². The van der Waals surface area contributed by atoms with Crippen LogP contribution in [0.25, 0.3) is 0 Å². The maximum atomic E-state index is 14.0. The number of hydrogen-bond acceptors (Lipinski definition) is 3. The van der Waals surface area contributed by atoms with Crippen LogP contribution in [0.5, 0.6) is 0 Å². The summed E-state index contributed by atoms with van der Waals surface area (Å²) in [6, 6.07) is 0.942. The standard InChI is InChI=1S/C15H23F3N2O/c1-10(2)9-20(4-5-21-3)15(8-19)11-6-13(17)14(18)7-12(11)16/h6-7,10,15H,4-5,8-9,19H2,1-3H3. The van der Waals surface area contributed by atoms with Crippen molar-refractivity contribution in [3.63, 3.8) is 0 Å². The molecule has 0 fully saturated rings. The maximum Gasteiger partial charge on any atom is 0.161 e. The first-order chi connectivity index (χ1) is 9.90. The molecular formula is C15H23F3N2O. The molecule has 21 heavy (non-hydrogen) atoms. The average molecular weight is 304 g/mol. The molecular weight excluding hydrogens is 281 g/mol. The van der Waals surface area contributed by atoms with Crippen LogP contribution in [-0.4, -0.2) is 38.3 Å². The second kappa shape index (κ2) is 8.36. The van der Waals surface area contributed by atoms with Gasteiger partial charge in [-0.3, -0.25) is 4.90 Å². The van der Waals surface area contributed by atoms with E-state index < -0.39 is 23.5 Å². The third kappa shape index (κ3) is 4.98. The summed E-state index contributed by atoms with van der Waals surface area (Å²) in [4.78, 5) is 1.93. The lowest BCUT2D eigenvalue weighted by Crippen LogP contribution is -2.39. The van der Waals surface area contributed by atoms with E-state index in [1.165, 1.54) is 0 Å². The third-order valence-corrected chi connectivity index (χ3v) is 3.24. The smallest absolute Gasteiger partial charge is 0.161 e. The molecule has 3 nitrogen and oxygen atoms in total. The van der Waals surface area contributed by atoms with Crippen LogP contribution in [-0.2, 0) is 4.74 Å². The van der Waals surface area contributed by atoms with E-state index in [0.29, 0.717) is 31.7 Å². The molecule has 0 amide bonds. The molecule has 0 aliphatic carbocycles. The van der Waals surface area contributed by atoms with Gasteiger partial charge in [-0.1, -0.05) is 13.8 Å². The predicted octanol–water partition coefficient (Wildman–Crippen LogP) is 2.71. The van der Waals surface area contributed by atoms with Gasteiger partial charge in [0.15, 0.2) is 11.6 Å². The average Bonchev–Trinajstić information content (AvgIpc) is 2.41. The van der Waals surface area contributed by atoms with Crippen LogP contribution in [0.15, 0.2) is 12.1 Å². The fourth-order valence-corrected chi connectivity index (χ4v) is 2.32. The summed E-state index contributed by atoms with van der Waals surface area (Å²) >= 11 is 0. The molecule has 0 saturated carbocycles. The molecule has 0 aliphatic heterocycles. The van der Waals surface area contributed by atoms with Gasteiger partial charge in [0.05, 0.1) is 12.6 Å². The Labute approximate surface area is 123 Å². The van der Waals surface area contributed by atoms with E-state index in [0.717, 1.165) is 6.07 Å². The summed E-state index contributed by atoms with van der Waals surface area (Å²) in [5.74, 6) is -2.72. The first-order valence-electron chi connectivity index (χ1n) is 6.98. The molecule has 0 radical (unpaired) electrons. The van der Waals surface area contributed by atoms with Crippen LogP contribution in [0.2, 0.25) is 0 Å². The fraction of sp³-hybridized carbons (Fsp3) is 0.600. The Morgan fingerprint density at radius 2 is 1.76 bits per heavy atom. The highest BCUT2D eigenvalue weighted by atomic mass is 19.2. The molecule has 0 aromatic heterocycles. The Morgan fingerprint density at radius 1 is 1.14 bits per heavy atom. The molecule has 1 aromatic rings. The lowest BCUT2D eigenvalue weighted by Gasteiger charge is -2.32. The molecule has 1 rings (SSSR count). The van der Waals surface area contributed by atoms with Gasteiger partial charge in [0.2, 0.25) is 0 Å². The summed E-state index contributed by atoms with van der Waals surface area (Å²) in [7, 11) is 1.57. The summed E-state index contributed by atoms with van der Waals surface area (Å²) in [6.45, 7) is 5.80. The van der Waals surface area contributed by atoms with Crippen LogP contribution in [0, 0.1) is 23.4 Å². The van der Waals surface area contributed by atoms with Gasteiger partial charge in [-0.05, 0) is 12.0 Å². The number of hydrogen-bond donors (Lipinski definition) is 1. The number of methoxy groups -OCH3 is 1. The number of nitrogens with two attached hydrogens (primary N) is 1. The van der Waals surface area contributed by atoms with Crippen LogP contribution in [0.4, 0.5) is 13.2 Å². The van der Waals surface area contributed by atoms with Crippen LogP contribution in [0.1, 0.15) is 25.5 Å². The molecule has 0 aliphatic rings. The first kappa shape index (κ1) is 17.9. The number of halogens is 3. The van der Waals surface area contributed by atoms with E-state index >= 15 is 0 Å². The van der Waals surface area contributed by atoms with E-state index in [9.17, 15) is 13.2 Å². The van der Waals surface area contributed by atoms with E-state index in [-0.39, 0.29) is 12.1 Å².